The summed E-state index contributed by atoms with van der Waals surface area (Å²) in [5.41, 5.74) is 8.51. The lowest BCUT2D eigenvalue weighted by atomic mass is 10.1. The number of benzene rings is 2. The highest BCUT2D eigenvalue weighted by molar-refractivity contribution is 7.92. The van der Waals surface area contributed by atoms with Gasteiger partial charge in [-0.1, -0.05) is 23.4 Å². The van der Waals surface area contributed by atoms with E-state index in [2.05, 4.69) is 20.4 Å². The minimum absolute atomic E-state index is 0.0918. The number of halogens is 2. The van der Waals surface area contributed by atoms with Gasteiger partial charge in [-0.2, -0.15) is 0 Å². The van der Waals surface area contributed by atoms with Gasteiger partial charge in [-0.3, -0.25) is 0 Å². The second kappa shape index (κ2) is 11.8. The van der Waals surface area contributed by atoms with Gasteiger partial charge in [-0.05, 0) is 49.6 Å². The molecule has 0 spiro atoms. The predicted octanol–water partition coefficient (Wildman–Crippen LogP) is 4.59. The minimum Gasteiger partial charge on any atom is -0.382 e. The number of sulfone groups is 1. The van der Waals surface area contributed by atoms with Crippen molar-refractivity contribution in [2.45, 2.75) is 42.6 Å². The third-order valence-corrected chi connectivity index (χ3v) is 8.97. The third-order valence-electron chi connectivity index (χ3n) is 6.69. The van der Waals surface area contributed by atoms with Crippen molar-refractivity contribution in [2.75, 3.05) is 25.5 Å². The molecule has 5 rings (SSSR count). The molecule has 0 saturated carbocycles. The Morgan fingerprint density at radius 3 is 2.55 bits per heavy atom. The average molecular weight is 570 g/mol. The molecule has 1 unspecified atom stereocenters. The van der Waals surface area contributed by atoms with Crippen LogP contribution in [-0.4, -0.2) is 54.7 Å². The molecule has 3 N–H and O–H groups in total. The highest BCUT2D eigenvalue weighted by Gasteiger charge is 2.29. The number of hydrogen-bond donors (Lipinski definition) is 2. The summed E-state index contributed by atoms with van der Waals surface area (Å²) in [7, 11) is -3.47. The lowest BCUT2D eigenvalue weighted by Gasteiger charge is -2.22. The number of hydrogen-bond acceptors (Lipinski definition) is 9. The molecule has 0 amide bonds. The first kappa shape index (κ1) is 27.8. The van der Waals surface area contributed by atoms with Crippen molar-refractivity contribution in [3.8, 4) is 34.0 Å². The number of rotatable bonds is 9. The summed E-state index contributed by atoms with van der Waals surface area (Å²) in [6.45, 7) is 2.83. The second-order valence-electron chi connectivity index (χ2n) is 9.67. The maximum atomic E-state index is 14.8. The molecule has 2 aromatic heterocycles. The molecule has 0 radical (unpaired) electrons. The lowest BCUT2D eigenvalue weighted by Crippen LogP contribution is -2.28. The fourth-order valence-corrected chi connectivity index (χ4v) is 6.23. The number of anilines is 1. The van der Waals surface area contributed by atoms with Crippen LogP contribution in [0.3, 0.4) is 0 Å². The Balaban J connectivity index is 1.36. The molecule has 1 saturated heterocycles. The number of nitrogens with one attached hydrogen (secondary N) is 1. The molecule has 1 fully saturated rings. The summed E-state index contributed by atoms with van der Waals surface area (Å²) in [5, 5.41) is 6.45. The van der Waals surface area contributed by atoms with Gasteiger partial charge in [0.25, 0.3) is 0 Å². The van der Waals surface area contributed by atoms with Crippen molar-refractivity contribution in [1.29, 1.82) is 0 Å². The Hall–Kier alpha value is -3.74. The first-order valence-corrected chi connectivity index (χ1v) is 14.4. The fourth-order valence-electron chi connectivity index (χ4n) is 4.52. The molecule has 2 aromatic carbocycles. The van der Waals surface area contributed by atoms with Crippen LogP contribution in [0, 0.1) is 5.82 Å². The highest BCUT2D eigenvalue weighted by atomic mass is 32.2. The van der Waals surface area contributed by atoms with Crippen LogP contribution >= 0.6 is 0 Å². The molecule has 3 heterocycles. The Bertz CT molecular complexity index is 1590. The van der Waals surface area contributed by atoms with Crippen LogP contribution in [0.4, 0.5) is 14.6 Å². The topological polar surface area (TPSA) is 133 Å². The van der Waals surface area contributed by atoms with Gasteiger partial charge in [0.2, 0.25) is 0 Å². The molecule has 9 nitrogen and oxygen atoms in total. The van der Waals surface area contributed by atoms with E-state index in [1.807, 2.05) is 0 Å². The largest absolute Gasteiger partial charge is 0.382 e. The first-order chi connectivity index (χ1) is 19.2. The number of nitrogen functional groups attached to an aromatic ring is 1. The number of ether oxygens (including phenoxy) is 1. The number of nitrogens with two attached hydrogens (primary N) is 1. The number of nitrogens with zero attached hydrogens (tertiary/aromatic N) is 3. The van der Waals surface area contributed by atoms with Crippen molar-refractivity contribution >= 4 is 15.7 Å². The smallest absolute Gasteiger partial charge is 0.189 e. The quantitative estimate of drug-likeness (QED) is 0.297. The van der Waals surface area contributed by atoms with Crippen molar-refractivity contribution in [3.63, 3.8) is 0 Å². The molecule has 4 aromatic rings. The van der Waals surface area contributed by atoms with E-state index in [-0.39, 0.29) is 40.0 Å². The van der Waals surface area contributed by atoms with Crippen LogP contribution in [0.15, 0.2) is 64.1 Å². The van der Waals surface area contributed by atoms with Crippen molar-refractivity contribution < 1.29 is 26.5 Å². The van der Waals surface area contributed by atoms with Crippen molar-refractivity contribution in [3.05, 3.63) is 66.1 Å². The van der Waals surface area contributed by atoms with Gasteiger partial charge in [-0.25, -0.2) is 27.2 Å². The predicted molar refractivity (Wildman–Crippen MR) is 146 cm³/mol. The van der Waals surface area contributed by atoms with Crippen LogP contribution < -0.4 is 11.1 Å². The number of alkyl halides is 1. The zero-order valence-electron chi connectivity index (χ0n) is 21.8. The van der Waals surface area contributed by atoms with Gasteiger partial charge >= 0.3 is 0 Å². The van der Waals surface area contributed by atoms with E-state index in [4.69, 9.17) is 15.0 Å². The Kier molecular flexibility index (Phi) is 8.19. The molecule has 0 bridgehead atoms. The second-order valence-corrected chi connectivity index (χ2v) is 11.9. The summed E-state index contributed by atoms with van der Waals surface area (Å²) >= 11 is 0. The van der Waals surface area contributed by atoms with Crippen molar-refractivity contribution in [1.82, 2.24) is 20.4 Å². The van der Waals surface area contributed by atoms with Crippen LogP contribution in [0.25, 0.3) is 34.0 Å². The van der Waals surface area contributed by atoms with Gasteiger partial charge in [0, 0.05) is 43.5 Å². The van der Waals surface area contributed by atoms with E-state index in [0.717, 1.165) is 0 Å². The maximum absolute atomic E-state index is 14.8. The molecule has 1 aliphatic heterocycles. The van der Waals surface area contributed by atoms with E-state index in [0.29, 0.717) is 49.4 Å². The Labute approximate surface area is 230 Å². The summed E-state index contributed by atoms with van der Waals surface area (Å²) in [4.78, 5) is 9.03. The molecule has 1 aliphatic rings. The van der Waals surface area contributed by atoms with Gasteiger partial charge in [0.05, 0.1) is 22.0 Å². The van der Waals surface area contributed by atoms with Gasteiger partial charge < -0.3 is 20.3 Å². The zero-order valence-corrected chi connectivity index (χ0v) is 22.6. The summed E-state index contributed by atoms with van der Waals surface area (Å²) in [6, 6.07) is 12.6. The van der Waals surface area contributed by atoms with E-state index in [1.54, 1.807) is 36.4 Å². The third kappa shape index (κ3) is 6.03. The first-order valence-electron chi connectivity index (χ1n) is 12.9. The monoisotopic (exact) mass is 569 g/mol. The van der Waals surface area contributed by atoms with Gasteiger partial charge in [-0.15, -0.1) is 0 Å². The zero-order chi connectivity index (χ0) is 28.3. The van der Waals surface area contributed by atoms with Crippen LogP contribution in [0.1, 0.15) is 25.3 Å². The van der Waals surface area contributed by atoms with E-state index >= 15 is 0 Å². The van der Waals surface area contributed by atoms with E-state index < -0.39 is 27.1 Å². The summed E-state index contributed by atoms with van der Waals surface area (Å²) < 4.78 is 64.5. The Morgan fingerprint density at radius 2 is 1.85 bits per heavy atom. The molecule has 12 heteroatoms. The molecular formula is C28H29F2N5O4S. The van der Waals surface area contributed by atoms with Gasteiger partial charge in [0.1, 0.15) is 17.7 Å². The lowest BCUT2D eigenvalue weighted by molar-refractivity contribution is 0.0983. The normalized spacial score (nSPS) is 15.3. The standard InChI is InChI=1S/C28H29F2N5O4S/c1-17(29)14-32-15-18-2-7-22(23(30)12-18)24-13-26(39-35-24)27-28(31)33-16-25(34-27)19-3-5-20(6-4-19)40(36,37)21-8-10-38-11-9-21/h2-7,12-13,16-17,21,32H,8-11,14-15H2,1H3,(H2,31,33). The van der Waals surface area contributed by atoms with Crippen LogP contribution in [0.5, 0.6) is 0 Å². The van der Waals surface area contributed by atoms with Crippen LogP contribution in [-0.2, 0) is 21.1 Å². The molecule has 210 valence electrons. The summed E-state index contributed by atoms with van der Waals surface area (Å²) in [5.74, 6) is -0.215. The van der Waals surface area contributed by atoms with E-state index in [9.17, 15) is 17.2 Å². The van der Waals surface area contributed by atoms with Gasteiger partial charge in [0.15, 0.2) is 27.1 Å². The fraction of sp³-hybridized carbons (Fsp3) is 0.321. The van der Waals surface area contributed by atoms with Crippen LogP contribution in [0.2, 0.25) is 0 Å². The molecule has 1 atom stereocenters. The maximum Gasteiger partial charge on any atom is 0.189 e. The van der Waals surface area contributed by atoms with E-state index in [1.165, 1.54) is 25.3 Å². The summed E-state index contributed by atoms with van der Waals surface area (Å²) in [6.07, 6.45) is 1.43. The number of aromatic nitrogens is 3. The Morgan fingerprint density at radius 1 is 1.10 bits per heavy atom. The molecule has 40 heavy (non-hydrogen) atoms. The molecular weight excluding hydrogens is 540 g/mol. The average Bonchev–Trinajstić information content (AvgIpc) is 3.43. The SMILES string of the molecule is CC(F)CNCc1ccc(-c2cc(-c3nc(-c4ccc(S(=O)(=O)C5CCOCC5)cc4)cnc3N)on2)c(F)c1. The van der Waals surface area contributed by atoms with Crippen molar-refractivity contribution in [2.24, 2.45) is 0 Å². The molecule has 0 aliphatic carbocycles. The highest BCUT2D eigenvalue weighted by Crippen LogP contribution is 2.32. The minimum atomic E-state index is -3.47.